The van der Waals surface area contributed by atoms with Crippen molar-refractivity contribution in [2.24, 2.45) is 11.8 Å². The third-order valence-corrected chi connectivity index (χ3v) is 5.26. The zero-order chi connectivity index (χ0) is 17.1. The maximum Gasteiger partial charge on any atom is 0.274 e. The molecule has 2 fully saturated rings. The number of nitrogens with zero attached hydrogens (tertiary/aromatic N) is 4. The molecular weight excluding hydrogens is 304 g/mol. The number of likely N-dealkylation sites (tertiary alicyclic amines) is 2. The van der Waals surface area contributed by atoms with Gasteiger partial charge >= 0.3 is 0 Å². The molecule has 0 N–H and O–H groups in total. The molecule has 0 saturated carbocycles. The molecule has 130 valence electrons. The van der Waals surface area contributed by atoms with Gasteiger partial charge in [-0.25, -0.2) is 4.98 Å². The zero-order valence-corrected chi connectivity index (χ0v) is 14.6. The van der Waals surface area contributed by atoms with E-state index in [0.29, 0.717) is 24.0 Å². The number of hydrogen-bond donors (Lipinski definition) is 0. The smallest absolute Gasteiger partial charge is 0.274 e. The van der Waals surface area contributed by atoms with Gasteiger partial charge in [-0.05, 0) is 37.5 Å². The van der Waals surface area contributed by atoms with Crippen molar-refractivity contribution in [3.8, 4) is 0 Å². The molecular formula is C18H26N4O2. The number of carbonyl (C=O) groups is 2. The molecule has 1 atom stereocenters. The molecule has 3 heterocycles. The third kappa shape index (κ3) is 3.74. The van der Waals surface area contributed by atoms with Gasteiger partial charge in [0.25, 0.3) is 5.91 Å². The molecule has 2 aliphatic rings. The van der Waals surface area contributed by atoms with Crippen molar-refractivity contribution in [2.45, 2.75) is 39.5 Å². The first-order valence-electron chi connectivity index (χ1n) is 8.89. The first kappa shape index (κ1) is 16.9. The highest BCUT2D eigenvalue weighted by molar-refractivity contribution is 5.93. The van der Waals surface area contributed by atoms with Crippen molar-refractivity contribution in [1.82, 2.24) is 19.8 Å². The molecule has 2 saturated heterocycles. The molecule has 0 bridgehead atoms. The topological polar surface area (TPSA) is 66.4 Å². The number of aromatic nitrogens is 2. The van der Waals surface area contributed by atoms with E-state index in [-0.39, 0.29) is 11.8 Å². The molecule has 3 rings (SSSR count). The Balaban J connectivity index is 1.69. The van der Waals surface area contributed by atoms with Crippen LogP contribution >= 0.6 is 0 Å². The SMILES string of the molecule is CC(=O)N1CC[C@@H](Cc2nccnc2C(=O)N2CCC(C)CC2)C1. The van der Waals surface area contributed by atoms with Crippen LogP contribution in [0.4, 0.5) is 0 Å². The molecule has 2 aliphatic heterocycles. The summed E-state index contributed by atoms with van der Waals surface area (Å²) >= 11 is 0. The van der Waals surface area contributed by atoms with Gasteiger partial charge in [0.05, 0.1) is 5.69 Å². The van der Waals surface area contributed by atoms with Crippen LogP contribution in [0.1, 0.15) is 49.3 Å². The molecule has 0 radical (unpaired) electrons. The fourth-order valence-corrected chi connectivity index (χ4v) is 3.62. The van der Waals surface area contributed by atoms with Gasteiger partial charge in [-0.3, -0.25) is 14.6 Å². The van der Waals surface area contributed by atoms with E-state index in [9.17, 15) is 9.59 Å². The summed E-state index contributed by atoms with van der Waals surface area (Å²) in [5.74, 6) is 1.17. The average Bonchev–Trinajstić information content (AvgIpc) is 3.04. The van der Waals surface area contributed by atoms with E-state index in [0.717, 1.165) is 51.1 Å². The highest BCUT2D eigenvalue weighted by atomic mass is 16.2. The Morgan fingerprint density at radius 1 is 1.08 bits per heavy atom. The second-order valence-corrected chi connectivity index (χ2v) is 7.15. The minimum atomic E-state index is 0.00595. The summed E-state index contributed by atoms with van der Waals surface area (Å²) in [6, 6.07) is 0. The van der Waals surface area contributed by atoms with E-state index in [2.05, 4.69) is 16.9 Å². The molecule has 1 aromatic rings. The lowest BCUT2D eigenvalue weighted by Gasteiger charge is -2.30. The predicted octanol–water partition coefficient (Wildman–Crippen LogP) is 1.76. The van der Waals surface area contributed by atoms with Gasteiger partial charge in [0.2, 0.25) is 5.91 Å². The van der Waals surface area contributed by atoms with Gasteiger partial charge in [0.1, 0.15) is 5.69 Å². The average molecular weight is 330 g/mol. The summed E-state index contributed by atoms with van der Waals surface area (Å²) in [5, 5.41) is 0. The second kappa shape index (κ2) is 7.28. The first-order chi connectivity index (χ1) is 11.5. The maximum atomic E-state index is 12.8. The predicted molar refractivity (Wildman–Crippen MR) is 90.4 cm³/mol. The van der Waals surface area contributed by atoms with Gasteiger partial charge in [-0.15, -0.1) is 0 Å². The van der Waals surface area contributed by atoms with Crippen LogP contribution in [0.2, 0.25) is 0 Å². The number of hydrogen-bond acceptors (Lipinski definition) is 4. The van der Waals surface area contributed by atoms with Crippen molar-refractivity contribution in [2.75, 3.05) is 26.2 Å². The minimum Gasteiger partial charge on any atom is -0.343 e. The molecule has 24 heavy (non-hydrogen) atoms. The summed E-state index contributed by atoms with van der Waals surface area (Å²) in [6.45, 7) is 7.00. The maximum absolute atomic E-state index is 12.8. The molecule has 0 aliphatic carbocycles. The van der Waals surface area contributed by atoms with Crippen LogP contribution in [0.25, 0.3) is 0 Å². The summed E-state index contributed by atoms with van der Waals surface area (Å²) in [7, 11) is 0. The Bertz CT molecular complexity index is 611. The summed E-state index contributed by atoms with van der Waals surface area (Å²) in [4.78, 5) is 36.9. The van der Waals surface area contributed by atoms with Gasteiger partial charge < -0.3 is 9.80 Å². The van der Waals surface area contributed by atoms with Gasteiger partial charge in [0, 0.05) is 45.5 Å². The third-order valence-electron chi connectivity index (χ3n) is 5.26. The number of carbonyl (C=O) groups excluding carboxylic acids is 2. The van der Waals surface area contributed by atoms with E-state index in [1.54, 1.807) is 19.3 Å². The minimum absolute atomic E-state index is 0.00595. The monoisotopic (exact) mass is 330 g/mol. The van der Waals surface area contributed by atoms with E-state index < -0.39 is 0 Å². The van der Waals surface area contributed by atoms with Crippen LogP contribution in [0.3, 0.4) is 0 Å². The molecule has 2 amide bonds. The Morgan fingerprint density at radius 3 is 2.42 bits per heavy atom. The molecule has 6 heteroatoms. The van der Waals surface area contributed by atoms with Crippen LogP contribution in [-0.2, 0) is 11.2 Å². The Kier molecular flexibility index (Phi) is 5.11. The normalized spacial score (nSPS) is 22.0. The van der Waals surface area contributed by atoms with Crippen LogP contribution < -0.4 is 0 Å². The molecule has 0 spiro atoms. The van der Waals surface area contributed by atoms with E-state index >= 15 is 0 Å². The van der Waals surface area contributed by atoms with E-state index in [1.807, 2.05) is 9.80 Å². The molecule has 1 aromatic heterocycles. The standard InChI is InChI=1S/C18H26N4O2/c1-13-3-8-21(9-4-13)18(24)17-16(19-6-7-20-17)11-15-5-10-22(12-15)14(2)23/h6-7,13,15H,3-5,8-12H2,1-2H3/t15-/m0/s1. The summed E-state index contributed by atoms with van der Waals surface area (Å²) in [5.41, 5.74) is 1.27. The quantitative estimate of drug-likeness (QED) is 0.847. The highest BCUT2D eigenvalue weighted by Crippen LogP contribution is 2.23. The summed E-state index contributed by atoms with van der Waals surface area (Å²) in [6.07, 6.45) is 7.03. The Hall–Kier alpha value is -1.98. The molecule has 6 nitrogen and oxygen atoms in total. The Labute approximate surface area is 143 Å². The second-order valence-electron chi connectivity index (χ2n) is 7.15. The van der Waals surface area contributed by atoms with Crippen molar-refractivity contribution in [3.63, 3.8) is 0 Å². The van der Waals surface area contributed by atoms with Crippen molar-refractivity contribution < 1.29 is 9.59 Å². The number of rotatable bonds is 3. The number of amides is 2. The van der Waals surface area contributed by atoms with Gasteiger partial charge in [0.15, 0.2) is 0 Å². The van der Waals surface area contributed by atoms with Crippen LogP contribution in [0.5, 0.6) is 0 Å². The largest absolute Gasteiger partial charge is 0.343 e. The number of piperidine rings is 1. The van der Waals surface area contributed by atoms with Crippen LogP contribution in [-0.4, -0.2) is 57.8 Å². The van der Waals surface area contributed by atoms with Crippen molar-refractivity contribution in [3.05, 3.63) is 23.8 Å². The zero-order valence-electron chi connectivity index (χ0n) is 14.6. The fourth-order valence-electron chi connectivity index (χ4n) is 3.62. The van der Waals surface area contributed by atoms with Crippen LogP contribution in [0, 0.1) is 11.8 Å². The first-order valence-corrected chi connectivity index (χ1v) is 8.89. The van der Waals surface area contributed by atoms with E-state index in [1.165, 1.54) is 0 Å². The van der Waals surface area contributed by atoms with Crippen molar-refractivity contribution >= 4 is 11.8 Å². The van der Waals surface area contributed by atoms with Gasteiger partial charge in [-0.2, -0.15) is 0 Å². The molecule has 0 unspecified atom stereocenters. The Morgan fingerprint density at radius 2 is 1.75 bits per heavy atom. The lowest BCUT2D eigenvalue weighted by atomic mass is 9.98. The molecule has 0 aromatic carbocycles. The lowest BCUT2D eigenvalue weighted by molar-refractivity contribution is -0.127. The van der Waals surface area contributed by atoms with Gasteiger partial charge in [-0.1, -0.05) is 6.92 Å². The lowest BCUT2D eigenvalue weighted by Crippen LogP contribution is -2.39. The summed E-state index contributed by atoms with van der Waals surface area (Å²) < 4.78 is 0. The van der Waals surface area contributed by atoms with Crippen molar-refractivity contribution in [1.29, 1.82) is 0 Å². The van der Waals surface area contributed by atoms with E-state index in [4.69, 9.17) is 0 Å². The van der Waals surface area contributed by atoms with Crippen LogP contribution in [0.15, 0.2) is 12.4 Å². The fraction of sp³-hybridized carbons (Fsp3) is 0.667. The highest BCUT2D eigenvalue weighted by Gasteiger charge is 2.29.